The Labute approximate surface area is 192 Å². The molecule has 1 heterocycles. The second-order valence-electron chi connectivity index (χ2n) is 9.34. The standard InChI is InChI=1S/C25H32F2N2O2S/c1-25(2,3)24(30)29-15-12-22(13-16-29)28-14-17-32(31)23(18-4-8-20(26)9-5-18)19-6-10-21(27)11-7-19/h4-11,22-23,28H,12-17H2,1-3H3. The van der Waals surface area contributed by atoms with Gasteiger partial charge in [0.25, 0.3) is 0 Å². The highest BCUT2D eigenvalue weighted by atomic mass is 32.2. The van der Waals surface area contributed by atoms with Crippen molar-refractivity contribution in [2.75, 3.05) is 25.4 Å². The van der Waals surface area contributed by atoms with Gasteiger partial charge in [0.1, 0.15) is 17.4 Å². The Morgan fingerprint density at radius 3 is 1.94 bits per heavy atom. The van der Waals surface area contributed by atoms with Crippen LogP contribution in [0.5, 0.6) is 0 Å². The average Bonchev–Trinajstić information content (AvgIpc) is 2.76. The Morgan fingerprint density at radius 2 is 1.50 bits per heavy atom. The van der Waals surface area contributed by atoms with Crippen molar-refractivity contribution in [1.29, 1.82) is 0 Å². The zero-order valence-corrected chi connectivity index (χ0v) is 19.8. The molecule has 174 valence electrons. The molecule has 1 fully saturated rings. The minimum absolute atomic E-state index is 0.179. The molecule has 1 aliphatic heterocycles. The molecule has 1 atom stereocenters. The Morgan fingerprint density at radius 1 is 1.03 bits per heavy atom. The van der Waals surface area contributed by atoms with E-state index in [1.165, 1.54) is 24.3 Å². The van der Waals surface area contributed by atoms with Crippen molar-refractivity contribution < 1.29 is 18.1 Å². The summed E-state index contributed by atoms with van der Waals surface area (Å²) in [5.41, 5.74) is 1.11. The molecule has 2 aromatic rings. The van der Waals surface area contributed by atoms with Gasteiger partial charge < -0.3 is 14.8 Å². The molecule has 0 bridgehead atoms. The van der Waals surface area contributed by atoms with Gasteiger partial charge in [-0.25, -0.2) is 8.78 Å². The fraction of sp³-hybridized carbons (Fsp3) is 0.480. The largest absolute Gasteiger partial charge is 0.616 e. The minimum atomic E-state index is -1.28. The van der Waals surface area contributed by atoms with E-state index in [2.05, 4.69) is 5.32 Å². The van der Waals surface area contributed by atoms with Gasteiger partial charge in [-0.2, -0.15) is 0 Å². The molecule has 32 heavy (non-hydrogen) atoms. The molecule has 1 N–H and O–H groups in total. The van der Waals surface area contributed by atoms with Gasteiger partial charge in [0.2, 0.25) is 5.91 Å². The number of amides is 1. The van der Waals surface area contributed by atoms with Crippen molar-refractivity contribution in [3.63, 3.8) is 0 Å². The third-order valence-corrected chi connectivity index (χ3v) is 7.45. The quantitative estimate of drug-likeness (QED) is 0.620. The van der Waals surface area contributed by atoms with Crippen LogP contribution in [0.3, 0.4) is 0 Å². The van der Waals surface area contributed by atoms with Crippen LogP contribution in [0.25, 0.3) is 0 Å². The molecule has 0 aromatic heterocycles. The van der Waals surface area contributed by atoms with Crippen molar-refractivity contribution in [3.05, 3.63) is 71.3 Å². The molecule has 2 aromatic carbocycles. The van der Waals surface area contributed by atoms with Gasteiger partial charge in [-0.15, -0.1) is 0 Å². The predicted octanol–water partition coefficient (Wildman–Crippen LogP) is 4.43. The lowest BCUT2D eigenvalue weighted by atomic mass is 9.93. The molecule has 0 aliphatic carbocycles. The van der Waals surface area contributed by atoms with Crippen LogP contribution in [-0.4, -0.2) is 46.8 Å². The second-order valence-corrected chi connectivity index (χ2v) is 11.0. The SMILES string of the molecule is CC(C)(C)C(=O)N1CCC(NCC[S+]([O-])C(c2ccc(F)cc2)c2ccc(F)cc2)CC1. The van der Waals surface area contributed by atoms with E-state index in [9.17, 15) is 18.1 Å². The molecule has 4 nitrogen and oxygen atoms in total. The maximum Gasteiger partial charge on any atom is 0.227 e. The first-order valence-corrected chi connectivity index (χ1v) is 12.4. The number of nitrogens with one attached hydrogen (secondary N) is 1. The summed E-state index contributed by atoms with van der Waals surface area (Å²) in [5.74, 6) is -0.107. The first-order chi connectivity index (χ1) is 15.1. The van der Waals surface area contributed by atoms with Crippen LogP contribution in [0, 0.1) is 17.0 Å². The van der Waals surface area contributed by atoms with Crippen LogP contribution < -0.4 is 5.32 Å². The van der Waals surface area contributed by atoms with Crippen molar-refractivity contribution in [2.24, 2.45) is 5.41 Å². The zero-order chi connectivity index (χ0) is 23.3. The van der Waals surface area contributed by atoms with Crippen LogP contribution in [0.15, 0.2) is 48.5 Å². The van der Waals surface area contributed by atoms with E-state index in [1.807, 2.05) is 25.7 Å². The topological polar surface area (TPSA) is 55.4 Å². The van der Waals surface area contributed by atoms with Gasteiger partial charge in [-0.05, 0) is 48.3 Å². The Balaban J connectivity index is 1.57. The maximum absolute atomic E-state index is 13.4. The van der Waals surface area contributed by atoms with Crippen molar-refractivity contribution >= 4 is 17.1 Å². The lowest BCUT2D eigenvalue weighted by Gasteiger charge is -2.36. The first kappa shape index (κ1) is 24.7. The Kier molecular flexibility index (Phi) is 8.31. The Hall–Kier alpha value is -1.96. The molecule has 7 heteroatoms. The van der Waals surface area contributed by atoms with Crippen molar-refractivity contribution in [3.8, 4) is 0 Å². The fourth-order valence-corrected chi connectivity index (χ4v) is 5.49. The summed E-state index contributed by atoms with van der Waals surface area (Å²) in [6.45, 7) is 7.84. The van der Waals surface area contributed by atoms with Gasteiger partial charge in [0.05, 0.1) is 0 Å². The molecule has 1 aliphatic rings. The monoisotopic (exact) mass is 462 g/mol. The molecule has 3 rings (SSSR count). The number of benzene rings is 2. The molecule has 1 unspecified atom stereocenters. The number of rotatable bonds is 7. The smallest absolute Gasteiger partial charge is 0.227 e. The first-order valence-electron chi connectivity index (χ1n) is 11.1. The molecule has 0 saturated carbocycles. The summed E-state index contributed by atoms with van der Waals surface area (Å²) in [6, 6.07) is 12.2. The van der Waals surface area contributed by atoms with Crippen molar-refractivity contribution in [1.82, 2.24) is 10.2 Å². The number of likely N-dealkylation sites (tertiary alicyclic amines) is 1. The fourth-order valence-electron chi connectivity index (χ4n) is 4.01. The molecule has 1 saturated heterocycles. The van der Waals surface area contributed by atoms with Gasteiger partial charge >= 0.3 is 0 Å². The number of carbonyl (C=O) groups is 1. The van der Waals surface area contributed by atoms with Crippen LogP contribution in [0.4, 0.5) is 8.78 Å². The molecule has 0 radical (unpaired) electrons. The number of hydrogen-bond acceptors (Lipinski definition) is 3. The number of piperidine rings is 1. The summed E-state index contributed by atoms with van der Waals surface area (Å²) in [6.07, 6.45) is 1.74. The highest BCUT2D eigenvalue weighted by Crippen LogP contribution is 2.31. The zero-order valence-electron chi connectivity index (χ0n) is 18.9. The number of hydrogen-bond donors (Lipinski definition) is 1. The van der Waals surface area contributed by atoms with E-state index in [0.29, 0.717) is 12.3 Å². The van der Waals surface area contributed by atoms with Gasteiger partial charge in [0, 0.05) is 42.2 Å². The molecular formula is C25H32F2N2O2S. The van der Waals surface area contributed by atoms with E-state index < -0.39 is 16.4 Å². The summed E-state index contributed by atoms with van der Waals surface area (Å²) < 4.78 is 40.0. The summed E-state index contributed by atoms with van der Waals surface area (Å²) in [7, 11) is 0. The van der Waals surface area contributed by atoms with E-state index in [0.717, 1.165) is 37.1 Å². The maximum atomic E-state index is 13.4. The van der Waals surface area contributed by atoms with E-state index >= 15 is 0 Å². The van der Waals surface area contributed by atoms with E-state index in [-0.39, 0.29) is 29.0 Å². The highest BCUT2D eigenvalue weighted by molar-refractivity contribution is 7.91. The number of nitrogens with zero attached hydrogens (tertiary/aromatic N) is 1. The summed E-state index contributed by atoms with van der Waals surface area (Å²) in [5, 5.41) is 3.02. The summed E-state index contributed by atoms with van der Waals surface area (Å²) >= 11 is -1.28. The third-order valence-electron chi connectivity index (χ3n) is 5.77. The van der Waals surface area contributed by atoms with Gasteiger partial charge in [-0.3, -0.25) is 4.79 Å². The predicted molar refractivity (Wildman–Crippen MR) is 125 cm³/mol. The second kappa shape index (κ2) is 10.8. The molecular weight excluding hydrogens is 430 g/mol. The van der Waals surface area contributed by atoms with Gasteiger partial charge in [-0.1, -0.05) is 45.0 Å². The van der Waals surface area contributed by atoms with E-state index in [4.69, 9.17) is 0 Å². The Bertz CT molecular complexity index is 831. The summed E-state index contributed by atoms with van der Waals surface area (Å²) in [4.78, 5) is 14.4. The molecule has 1 amide bonds. The third kappa shape index (κ3) is 6.53. The lowest BCUT2D eigenvalue weighted by molar-refractivity contribution is -0.140. The molecule has 0 spiro atoms. The highest BCUT2D eigenvalue weighted by Gasteiger charge is 2.31. The van der Waals surface area contributed by atoms with Crippen LogP contribution in [-0.2, 0) is 16.0 Å². The van der Waals surface area contributed by atoms with Crippen LogP contribution >= 0.6 is 0 Å². The normalized spacial score (nSPS) is 16.4. The van der Waals surface area contributed by atoms with Gasteiger partial charge in [0.15, 0.2) is 5.25 Å². The average molecular weight is 463 g/mol. The minimum Gasteiger partial charge on any atom is -0.616 e. The van der Waals surface area contributed by atoms with Crippen LogP contribution in [0.1, 0.15) is 50.0 Å². The number of carbonyl (C=O) groups excluding carboxylic acids is 1. The van der Waals surface area contributed by atoms with E-state index in [1.54, 1.807) is 24.3 Å². The lowest BCUT2D eigenvalue weighted by Crippen LogP contribution is -2.48. The van der Waals surface area contributed by atoms with Crippen molar-refractivity contribution in [2.45, 2.75) is 44.9 Å². The number of halogens is 2. The van der Waals surface area contributed by atoms with Crippen LogP contribution in [0.2, 0.25) is 0 Å².